The van der Waals surface area contributed by atoms with Crippen molar-refractivity contribution >= 4 is 40.0 Å². The zero-order valence-corrected chi connectivity index (χ0v) is 18.4. The normalized spacial score (nSPS) is 21.3. The van der Waals surface area contributed by atoms with E-state index >= 15 is 0 Å². The Hall–Kier alpha value is -2.94. The van der Waals surface area contributed by atoms with Crippen LogP contribution in [0, 0.1) is 5.82 Å². The van der Waals surface area contributed by atoms with Crippen molar-refractivity contribution in [2.75, 3.05) is 36.4 Å². The summed E-state index contributed by atoms with van der Waals surface area (Å²) in [6.45, 7) is 2.42. The molecule has 8 nitrogen and oxygen atoms in total. The molecular weight excluding hydrogens is 433 g/mol. The molecule has 168 valence electrons. The molecule has 5 rings (SSSR count). The summed E-state index contributed by atoms with van der Waals surface area (Å²) in [4.78, 5) is 26.4. The smallest absolute Gasteiger partial charge is 0.242 e. The van der Waals surface area contributed by atoms with Crippen LogP contribution in [0.25, 0.3) is 11.0 Å². The Balaban J connectivity index is 1.35. The van der Waals surface area contributed by atoms with Crippen LogP contribution >= 0.6 is 11.6 Å². The summed E-state index contributed by atoms with van der Waals surface area (Å²) in [5.41, 5.74) is 0.975. The van der Waals surface area contributed by atoms with E-state index < -0.39 is 5.82 Å². The van der Waals surface area contributed by atoms with Gasteiger partial charge < -0.3 is 15.1 Å². The predicted molar refractivity (Wildman–Crippen MR) is 121 cm³/mol. The lowest BCUT2D eigenvalue weighted by Gasteiger charge is -2.52. The van der Waals surface area contributed by atoms with Crippen LogP contribution in [0.1, 0.15) is 32.1 Å². The molecule has 0 aliphatic carbocycles. The van der Waals surface area contributed by atoms with Gasteiger partial charge in [0, 0.05) is 30.3 Å². The van der Waals surface area contributed by atoms with Gasteiger partial charge in [0.25, 0.3) is 0 Å². The molecule has 2 N–H and O–H groups in total. The number of amides is 1. The van der Waals surface area contributed by atoms with Gasteiger partial charge in [-0.3, -0.25) is 9.89 Å². The van der Waals surface area contributed by atoms with Crippen molar-refractivity contribution in [3.8, 4) is 0 Å². The average Bonchev–Trinajstić information content (AvgIpc) is 3.26. The largest absolute Gasteiger partial charge is 0.376 e. The number of aromatic nitrogens is 4. The maximum atomic E-state index is 13.6. The number of aromatic amines is 1. The van der Waals surface area contributed by atoms with Crippen LogP contribution in [0.4, 0.5) is 15.9 Å². The number of rotatable bonds is 4. The number of anilines is 2. The van der Waals surface area contributed by atoms with Gasteiger partial charge in [-0.25, -0.2) is 14.4 Å². The number of likely N-dealkylation sites (tertiary alicyclic amines) is 1. The van der Waals surface area contributed by atoms with Gasteiger partial charge >= 0.3 is 0 Å². The van der Waals surface area contributed by atoms with Gasteiger partial charge in [-0.15, -0.1) is 0 Å². The molecule has 10 heteroatoms. The number of hydrogen-bond donors (Lipinski definition) is 2. The molecular formula is C22H25ClFN7O. The molecule has 4 heterocycles. The monoisotopic (exact) mass is 457 g/mol. The molecule has 2 saturated heterocycles. The zero-order chi connectivity index (χ0) is 22.1. The standard InChI is InChI=1S/C22H25ClFN7O/c23-15-8-16(24)10-17(9-15)25-12-19(32)31-7-2-1-4-22(31)5-3-6-30(13-22)21-18-11-28-29-20(18)26-14-27-21/h8-11,14,25H,1-7,12-13H2,(H,26,27,28,29). The van der Waals surface area contributed by atoms with Gasteiger partial charge in [-0.05, 0) is 50.3 Å². The molecule has 0 saturated carbocycles. The zero-order valence-electron chi connectivity index (χ0n) is 17.7. The third-order valence-electron chi connectivity index (χ3n) is 6.54. The summed E-state index contributed by atoms with van der Waals surface area (Å²) in [5, 5.41) is 11.2. The van der Waals surface area contributed by atoms with E-state index in [-0.39, 0.29) is 18.0 Å². The van der Waals surface area contributed by atoms with Crippen molar-refractivity contribution in [1.82, 2.24) is 25.1 Å². The average molecular weight is 458 g/mol. The van der Waals surface area contributed by atoms with Crippen LogP contribution in [0.3, 0.4) is 0 Å². The van der Waals surface area contributed by atoms with Crippen molar-refractivity contribution < 1.29 is 9.18 Å². The Morgan fingerprint density at radius 2 is 2.06 bits per heavy atom. The minimum Gasteiger partial charge on any atom is -0.376 e. The van der Waals surface area contributed by atoms with Crippen molar-refractivity contribution in [2.45, 2.75) is 37.6 Å². The summed E-state index contributed by atoms with van der Waals surface area (Å²) in [6.07, 6.45) is 8.27. The molecule has 2 aromatic heterocycles. The highest BCUT2D eigenvalue weighted by Gasteiger charge is 2.44. The Morgan fingerprint density at radius 3 is 2.94 bits per heavy atom. The number of benzene rings is 1. The van der Waals surface area contributed by atoms with Gasteiger partial charge in [-0.1, -0.05) is 11.6 Å². The summed E-state index contributed by atoms with van der Waals surface area (Å²) >= 11 is 5.94. The first kappa shape index (κ1) is 20.9. The topological polar surface area (TPSA) is 90.0 Å². The third kappa shape index (κ3) is 3.97. The minimum absolute atomic E-state index is 0.0167. The minimum atomic E-state index is -0.430. The van der Waals surface area contributed by atoms with E-state index in [0.29, 0.717) is 16.4 Å². The lowest BCUT2D eigenvalue weighted by atomic mass is 9.79. The van der Waals surface area contributed by atoms with E-state index in [1.54, 1.807) is 18.6 Å². The Labute approximate surface area is 190 Å². The van der Waals surface area contributed by atoms with Crippen LogP contribution < -0.4 is 10.2 Å². The lowest BCUT2D eigenvalue weighted by molar-refractivity contribution is -0.138. The molecule has 3 aromatic rings. The number of piperidine rings is 2. The summed E-state index contributed by atoms with van der Waals surface area (Å²) in [5.74, 6) is 0.441. The molecule has 1 unspecified atom stereocenters. The van der Waals surface area contributed by atoms with Gasteiger partial charge in [0.2, 0.25) is 5.91 Å². The van der Waals surface area contributed by atoms with E-state index in [1.165, 1.54) is 12.1 Å². The molecule has 1 spiro atoms. The second kappa shape index (κ2) is 8.54. The number of fused-ring (bicyclic) bond motifs is 1. The van der Waals surface area contributed by atoms with Gasteiger partial charge in [0.05, 0.1) is 23.7 Å². The maximum Gasteiger partial charge on any atom is 0.242 e. The number of nitrogens with one attached hydrogen (secondary N) is 2. The summed E-state index contributed by atoms with van der Waals surface area (Å²) in [6, 6.07) is 4.21. The van der Waals surface area contributed by atoms with Crippen LogP contribution in [0.2, 0.25) is 5.02 Å². The maximum absolute atomic E-state index is 13.6. The highest BCUT2D eigenvalue weighted by molar-refractivity contribution is 6.30. The molecule has 32 heavy (non-hydrogen) atoms. The van der Waals surface area contributed by atoms with Crippen LogP contribution in [-0.4, -0.2) is 62.7 Å². The molecule has 0 bridgehead atoms. The quantitative estimate of drug-likeness (QED) is 0.622. The van der Waals surface area contributed by atoms with E-state index in [4.69, 9.17) is 11.6 Å². The van der Waals surface area contributed by atoms with E-state index in [1.807, 2.05) is 4.90 Å². The van der Waals surface area contributed by atoms with Crippen molar-refractivity contribution in [3.63, 3.8) is 0 Å². The first-order chi connectivity index (χ1) is 15.5. The number of nitrogens with zero attached hydrogens (tertiary/aromatic N) is 5. The molecule has 2 aliphatic rings. The number of carbonyl (C=O) groups is 1. The number of halogens is 2. The highest BCUT2D eigenvalue weighted by atomic mass is 35.5. The van der Waals surface area contributed by atoms with Crippen LogP contribution in [0.5, 0.6) is 0 Å². The SMILES string of the molecule is O=C(CNc1cc(F)cc(Cl)c1)N1CCCCC12CCCN(c1ncnc3[nH]ncc13)C2. The van der Waals surface area contributed by atoms with E-state index in [0.717, 1.165) is 62.9 Å². The third-order valence-corrected chi connectivity index (χ3v) is 6.75. The van der Waals surface area contributed by atoms with Crippen LogP contribution in [-0.2, 0) is 4.79 Å². The lowest BCUT2D eigenvalue weighted by Crippen LogP contribution is -2.63. The number of H-pyrrole nitrogens is 1. The van der Waals surface area contributed by atoms with Gasteiger partial charge in [0.1, 0.15) is 18.0 Å². The Bertz CT molecular complexity index is 1110. The molecule has 1 amide bonds. The van der Waals surface area contributed by atoms with Crippen LogP contribution in [0.15, 0.2) is 30.7 Å². The first-order valence-corrected chi connectivity index (χ1v) is 11.3. The molecule has 2 aliphatic heterocycles. The fourth-order valence-corrected chi connectivity index (χ4v) is 5.36. The fourth-order valence-electron chi connectivity index (χ4n) is 5.14. The van der Waals surface area contributed by atoms with E-state index in [2.05, 4.69) is 30.4 Å². The second-order valence-electron chi connectivity index (χ2n) is 8.59. The molecule has 2 fully saturated rings. The van der Waals surface area contributed by atoms with Crippen molar-refractivity contribution in [3.05, 3.63) is 41.6 Å². The fraction of sp³-hybridized carbons (Fsp3) is 0.455. The Morgan fingerprint density at radius 1 is 1.19 bits per heavy atom. The van der Waals surface area contributed by atoms with Gasteiger partial charge in [-0.2, -0.15) is 5.10 Å². The number of carbonyl (C=O) groups excluding carboxylic acids is 1. The van der Waals surface area contributed by atoms with Crippen molar-refractivity contribution in [2.24, 2.45) is 0 Å². The summed E-state index contributed by atoms with van der Waals surface area (Å²) < 4.78 is 13.6. The molecule has 0 radical (unpaired) electrons. The van der Waals surface area contributed by atoms with Gasteiger partial charge in [0.15, 0.2) is 5.65 Å². The summed E-state index contributed by atoms with van der Waals surface area (Å²) in [7, 11) is 0. The molecule has 1 atom stereocenters. The predicted octanol–water partition coefficient (Wildman–Crippen LogP) is 3.61. The Kier molecular flexibility index (Phi) is 5.58. The number of hydrogen-bond acceptors (Lipinski definition) is 6. The van der Waals surface area contributed by atoms with E-state index in [9.17, 15) is 9.18 Å². The highest BCUT2D eigenvalue weighted by Crippen LogP contribution is 2.38. The van der Waals surface area contributed by atoms with Crippen molar-refractivity contribution in [1.29, 1.82) is 0 Å². The second-order valence-corrected chi connectivity index (χ2v) is 9.03. The molecule has 1 aromatic carbocycles. The first-order valence-electron chi connectivity index (χ1n) is 10.9.